The van der Waals surface area contributed by atoms with Crippen molar-refractivity contribution in [2.24, 2.45) is 0 Å². The predicted molar refractivity (Wildman–Crippen MR) is 115 cm³/mol. The summed E-state index contributed by atoms with van der Waals surface area (Å²) in [7, 11) is 1.61. The number of benzene rings is 2. The molecule has 1 saturated carbocycles. The molecule has 4 rings (SSSR count). The van der Waals surface area contributed by atoms with E-state index < -0.39 is 11.5 Å². The van der Waals surface area contributed by atoms with Crippen LogP contribution in [0.25, 0.3) is 0 Å². The number of rotatable bonds is 6. The number of methoxy groups -OCH3 is 1. The van der Waals surface area contributed by atoms with Crippen molar-refractivity contribution in [3.63, 3.8) is 0 Å². The van der Waals surface area contributed by atoms with Crippen molar-refractivity contribution in [1.82, 2.24) is 4.90 Å². The number of hydrogen-bond donors (Lipinski definition) is 1. The average Bonchev–Trinajstić information content (AvgIpc) is 3.23. The molecular formula is C25H31NO4. The molecule has 2 atom stereocenters. The SMILES string of the molecule is COc1ccccc1[C@@H](C(=O)N1COC[C@@H]1Cc1ccccc1)C1(O)CCCCC1. The monoisotopic (exact) mass is 409 g/mol. The number of para-hydroxylation sites is 1. The van der Waals surface area contributed by atoms with E-state index in [1.54, 1.807) is 7.11 Å². The van der Waals surface area contributed by atoms with Gasteiger partial charge in [0, 0.05) is 5.56 Å². The normalized spacial score (nSPS) is 21.9. The van der Waals surface area contributed by atoms with E-state index in [9.17, 15) is 9.90 Å². The van der Waals surface area contributed by atoms with Gasteiger partial charge in [0.15, 0.2) is 0 Å². The summed E-state index contributed by atoms with van der Waals surface area (Å²) in [6.07, 6.45) is 4.94. The van der Waals surface area contributed by atoms with Crippen molar-refractivity contribution in [2.75, 3.05) is 20.4 Å². The first-order valence-corrected chi connectivity index (χ1v) is 10.9. The summed E-state index contributed by atoms with van der Waals surface area (Å²) in [6.45, 7) is 0.774. The van der Waals surface area contributed by atoms with Crippen molar-refractivity contribution >= 4 is 5.91 Å². The summed E-state index contributed by atoms with van der Waals surface area (Å²) >= 11 is 0. The van der Waals surface area contributed by atoms with Gasteiger partial charge in [0.05, 0.1) is 31.3 Å². The Morgan fingerprint density at radius 1 is 1.13 bits per heavy atom. The first kappa shape index (κ1) is 20.9. The molecule has 0 radical (unpaired) electrons. The van der Waals surface area contributed by atoms with Gasteiger partial charge in [-0.1, -0.05) is 67.8 Å². The number of carbonyl (C=O) groups excluding carboxylic acids is 1. The minimum atomic E-state index is -1.07. The molecule has 2 aromatic rings. The molecule has 1 amide bonds. The van der Waals surface area contributed by atoms with Gasteiger partial charge in [0.25, 0.3) is 0 Å². The molecule has 0 unspecified atom stereocenters. The van der Waals surface area contributed by atoms with Gasteiger partial charge in [-0.15, -0.1) is 0 Å². The first-order chi connectivity index (χ1) is 14.6. The molecule has 1 saturated heterocycles. The highest BCUT2D eigenvalue weighted by molar-refractivity contribution is 5.86. The van der Waals surface area contributed by atoms with Gasteiger partial charge in [-0.2, -0.15) is 0 Å². The standard InChI is InChI=1S/C25H31NO4/c1-29-22-13-7-6-12-21(22)23(25(28)14-8-3-9-15-25)24(27)26-18-30-17-20(26)16-19-10-4-2-5-11-19/h2,4-7,10-13,20,23,28H,3,8-9,14-18H2,1H3/t20-,23-/m0/s1. The van der Waals surface area contributed by atoms with Crippen LogP contribution in [0.5, 0.6) is 5.75 Å². The van der Waals surface area contributed by atoms with Crippen LogP contribution in [-0.4, -0.2) is 48.0 Å². The number of aliphatic hydroxyl groups is 1. The Morgan fingerprint density at radius 2 is 1.83 bits per heavy atom. The van der Waals surface area contributed by atoms with Gasteiger partial charge >= 0.3 is 0 Å². The molecule has 1 aliphatic carbocycles. The third-order valence-electron chi connectivity index (χ3n) is 6.53. The summed E-state index contributed by atoms with van der Waals surface area (Å²) in [5, 5.41) is 11.7. The van der Waals surface area contributed by atoms with E-state index in [0.717, 1.165) is 31.2 Å². The molecule has 30 heavy (non-hydrogen) atoms. The van der Waals surface area contributed by atoms with Crippen molar-refractivity contribution in [3.05, 3.63) is 65.7 Å². The van der Waals surface area contributed by atoms with Gasteiger partial charge in [-0.3, -0.25) is 4.79 Å². The van der Waals surface area contributed by atoms with Gasteiger partial charge in [0.1, 0.15) is 12.5 Å². The predicted octanol–water partition coefficient (Wildman–Crippen LogP) is 3.90. The third kappa shape index (κ3) is 4.23. The van der Waals surface area contributed by atoms with Crippen molar-refractivity contribution in [1.29, 1.82) is 0 Å². The largest absolute Gasteiger partial charge is 0.496 e. The highest BCUT2D eigenvalue weighted by Gasteiger charge is 2.47. The zero-order chi connectivity index (χ0) is 21.0. The zero-order valence-electron chi connectivity index (χ0n) is 17.6. The van der Waals surface area contributed by atoms with Crippen LogP contribution in [0.1, 0.15) is 49.1 Å². The molecule has 2 aliphatic rings. The van der Waals surface area contributed by atoms with Crippen molar-refractivity contribution in [2.45, 2.75) is 56.1 Å². The molecule has 0 aromatic heterocycles. The number of hydrogen-bond acceptors (Lipinski definition) is 4. The summed E-state index contributed by atoms with van der Waals surface area (Å²) in [5.74, 6) is -0.0779. The Balaban J connectivity index is 1.66. The number of amides is 1. The van der Waals surface area contributed by atoms with Crippen LogP contribution in [0, 0.1) is 0 Å². The first-order valence-electron chi connectivity index (χ1n) is 10.9. The fourth-order valence-electron chi connectivity index (χ4n) is 4.96. The number of nitrogens with zero attached hydrogens (tertiary/aromatic N) is 1. The minimum absolute atomic E-state index is 0.0377. The Hall–Kier alpha value is -2.37. The molecule has 5 nitrogen and oxygen atoms in total. The lowest BCUT2D eigenvalue weighted by atomic mass is 9.72. The van der Waals surface area contributed by atoms with Gasteiger partial charge in [0.2, 0.25) is 5.91 Å². The Morgan fingerprint density at radius 3 is 2.57 bits per heavy atom. The highest BCUT2D eigenvalue weighted by atomic mass is 16.5. The van der Waals surface area contributed by atoms with E-state index in [2.05, 4.69) is 12.1 Å². The van der Waals surface area contributed by atoms with E-state index in [1.807, 2.05) is 47.4 Å². The van der Waals surface area contributed by atoms with Gasteiger partial charge < -0.3 is 19.5 Å². The summed E-state index contributed by atoms with van der Waals surface area (Å²) in [4.78, 5) is 15.8. The lowest BCUT2D eigenvalue weighted by molar-refractivity contribution is -0.143. The smallest absolute Gasteiger partial charge is 0.235 e. The maximum Gasteiger partial charge on any atom is 0.235 e. The summed E-state index contributed by atoms with van der Waals surface area (Å²) in [6, 6.07) is 17.7. The lowest BCUT2D eigenvalue weighted by Gasteiger charge is -2.41. The van der Waals surface area contributed by atoms with Gasteiger partial charge in [-0.05, 0) is 30.9 Å². The van der Waals surface area contributed by atoms with E-state index >= 15 is 0 Å². The maximum atomic E-state index is 13.9. The van der Waals surface area contributed by atoms with Crippen LogP contribution >= 0.6 is 0 Å². The molecule has 0 bridgehead atoms. The molecule has 1 N–H and O–H groups in total. The molecular weight excluding hydrogens is 378 g/mol. The topological polar surface area (TPSA) is 59.0 Å². The van der Waals surface area contributed by atoms with Crippen LogP contribution < -0.4 is 4.74 Å². The molecule has 2 fully saturated rings. The molecule has 2 aromatic carbocycles. The van der Waals surface area contributed by atoms with Crippen LogP contribution in [-0.2, 0) is 16.0 Å². The second kappa shape index (κ2) is 9.19. The summed E-state index contributed by atoms with van der Waals surface area (Å²) < 4.78 is 11.3. The molecule has 5 heteroatoms. The van der Waals surface area contributed by atoms with Crippen LogP contribution in [0.3, 0.4) is 0 Å². The van der Waals surface area contributed by atoms with Crippen LogP contribution in [0.4, 0.5) is 0 Å². The Bertz CT molecular complexity index is 847. The van der Waals surface area contributed by atoms with E-state index in [4.69, 9.17) is 9.47 Å². The zero-order valence-corrected chi connectivity index (χ0v) is 17.6. The fraction of sp³-hybridized carbons (Fsp3) is 0.480. The van der Waals surface area contributed by atoms with Crippen molar-refractivity contribution in [3.8, 4) is 5.75 Å². The third-order valence-corrected chi connectivity index (χ3v) is 6.53. The van der Waals surface area contributed by atoms with E-state index in [1.165, 1.54) is 5.56 Å². The molecule has 1 heterocycles. The van der Waals surface area contributed by atoms with Crippen molar-refractivity contribution < 1.29 is 19.4 Å². The Kier molecular flexibility index (Phi) is 6.40. The maximum absolute atomic E-state index is 13.9. The molecule has 160 valence electrons. The quantitative estimate of drug-likeness (QED) is 0.786. The lowest BCUT2D eigenvalue weighted by Crippen LogP contribution is -2.50. The van der Waals surface area contributed by atoms with Crippen LogP contribution in [0.15, 0.2) is 54.6 Å². The Labute approximate surface area is 178 Å². The second-order valence-corrected chi connectivity index (χ2v) is 8.49. The second-order valence-electron chi connectivity index (χ2n) is 8.49. The highest BCUT2D eigenvalue weighted by Crippen LogP contribution is 2.44. The fourth-order valence-corrected chi connectivity index (χ4v) is 4.96. The van der Waals surface area contributed by atoms with E-state index in [0.29, 0.717) is 25.2 Å². The summed E-state index contributed by atoms with van der Waals surface area (Å²) in [5.41, 5.74) is 0.875. The molecule has 0 spiro atoms. The average molecular weight is 410 g/mol. The molecule has 1 aliphatic heterocycles. The number of ether oxygens (including phenoxy) is 2. The van der Waals surface area contributed by atoms with Gasteiger partial charge in [-0.25, -0.2) is 0 Å². The van der Waals surface area contributed by atoms with Crippen LogP contribution in [0.2, 0.25) is 0 Å². The van der Waals surface area contributed by atoms with E-state index in [-0.39, 0.29) is 18.7 Å². The number of carbonyl (C=O) groups is 1. The minimum Gasteiger partial charge on any atom is -0.496 e.